The number of amides is 1. The number of ether oxygens (including phenoxy) is 4. The molecule has 0 saturated heterocycles. The second kappa shape index (κ2) is 11.0. The van der Waals surface area contributed by atoms with Crippen LogP contribution in [0.25, 0.3) is 0 Å². The van der Waals surface area contributed by atoms with Crippen molar-refractivity contribution in [2.24, 2.45) is 0 Å². The number of halogens is 1. The van der Waals surface area contributed by atoms with Gasteiger partial charge in [-0.15, -0.1) is 0 Å². The van der Waals surface area contributed by atoms with Crippen LogP contribution >= 0.6 is 15.9 Å². The average molecular weight is 443 g/mol. The minimum absolute atomic E-state index is 0.222. The standard InChI is InChI=1S/C17H19BrN2O7/c1-4-26-13-6-11(7-19)5-12(18)17(13)27-10-14(21)20(8-15(22)24-2)9-16(23)25-3/h5-6H,4,8-10H2,1-3H3. The van der Waals surface area contributed by atoms with Crippen molar-refractivity contribution in [3.63, 3.8) is 0 Å². The predicted octanol–water partition coefficient (Wildman–Crippen LogP) is 1.27. The van der Waals surface area contributed by atoms with Gasteiger partial charge in [0.2, 0.25) is 0 Å². The molecule has 0 bridgehead atoms. The van der Waals surface area contributed by atoms with Crippen LogP contribution in [0.1, 0.15) is 12.5 Å². The first-order valence-corrected chi connectivity index (χ1v) is 8.56. The highest BCUT2D eigenvalue weighted by molar-refractivity contribution is 9.10. The third-order valence-corrected chi connectivity index (χ3v) is 3.82. The first kappa shape index (κ1) is 22.2. The van der Waals surface area contributed by atoms with Crippen molar-refractivity contribution in [1.29, 1.82) is 5.26 Å². The number of rotatable bonds is 9. The van der Waals surface area contributed by atoms with Gasteiger partial charge in [-0.1, -0.05) is 0 Å². The third kappa shape index (κ3) is 6.79. The van der Waals surface area contributed by atoms with E-state index in [9.17, 15) is 14.4 Å². The number of benzene rings is 1. The van der Waals surface area contributed by atoms with E-state index in [1.54, 1.807) is 6.92 Å². The Hall–Kier alpha value is -2.80. The highest BCUT2D eigenvalue weighted by atomic mass is 79.9. The Kier molecular flexibility index (Phi) is 9.08. The van der Waals surface area contributed by atoms with Crippen LogP contribution in [0.3, 0.4) is 0 Å². The molecule has 0 aliphatic carbocycles. The Labute approximate surface area is 164 Å². The summed E-state index contributed by atoms with van der Waals surface area (Å²) < 4.78 is 20.4. The minimum Gasteiger partial charge on any atom is -0.490 e. The summed E-state index contributed by atoms with van der Waals surface area (Å²) >= 11 is 3.27. The van der Waals surface area contributed by atoms with Crippen LogP contribution in [0.15, 0.2) is 16.6 Å². The molecule has 146 valence electrons. The third-order valence-electron chi connectivity index (χ3n) is 3.23. The molecule has 0 fully saturated rings. The number of carbonyl (C=O) groups is 3. The van der Waals surface area contributed by atoms with Crippen molar-refractivity contribution in [2.45, 2.75) is 6.92 Å². The number of hydrogen-bond acceptors (Lipinski definition) is 8. The van der Waals surface area contributed by atoms with Gasteiger partial charge in [0.05, 0.1) is 36.9 Å². The number of methoxy groups -OCH3 is 2. The first-order valence-electron chi connectivity index (χ1n) is 7.76. The van der Waals surface area contributed by atoms with E-state index in [0.717, 1.165) is 4.90 Å². The van der Waals surface area contributed by atoms with Crippen LogP contribution in [-0.2, 0) is 23.9 Å². The Morgan fingerprint density at radius 2 is 1.70 bits per heavy atom. The number of hydrogen-bond donors (Lipinski definition) is 0. The fourth-order valence-corrected chi connectivity index (χ4v) is 2.49. The van der Waals surface area contributed by atoms with E-state index in [-0.39, 0.29) is 11.5 Å². The maximum Gasteiger partial charge on any atom is 0.325 e. The Morgan fingerprint density at radius 1 is 1.11 bits per heavy atom. The van der Waals surface area contributed by atoms with Gasteiger partial charge in [0, 0.05) is 6.07 Å². The van der Waals surface area contributed by atoms with Crippen molar-refractivity contribution < 1.29 is 33.3 Å². The smallest absolute Gasteiger partial charge is 0.325 e. The lowest BCUT2D eigenvalue weighted by Gasteiger charge is -2.21. The molecule has 0 saturated carbocycles. The molecule has 1 aromatic rings. The van der Waals surface area contributed by atoms with Crippen LogP contribution in [0, 0.1) is 11.3 Å². The zero-order chi connectivity index (χ0) is 20.4. The fourth-order valence-electron chi connectivity index (χ4n) is 1.93. The Morgan fingerprint density at radius 3 is 2.19 bits per heavy atom. The monoisotopic (exact) mass is 442 g/mol. The summed E-state index contributed by atoms with van der Waals surface area (Å²) in [6, 6.07) is 4.99. The van der Waals surface area contributed by atoms with Gasteiger partial charge in [-0.2, -0.15) is 5.26 Å². The molecule has 27 heavy (non-hydrogen) atoms. The van der Waals surface area contributed by atoms with Crippen LogP contribution in [0.2, 0.25) is 0 Å². The van der Waals surface area contributed by atoms with Gasteiger partial charge < -0.3 is 23.8 Å². The molecular weight excluding hydrogens is 424 g/mol. The van der Waals surface area contributed by atoms with Crippen molar-refractivity contribution >= 4 is 33.8 Å². The summed E-state index contributed by atoms with van der Waals surface area (Å²) in [4.78, 5) is 36.3. The van der Waals surface area contributed by atoms with Crippen LogP contribution in [0.4, 0.5) is 0 Å². The van der Waals surface area contributed by atoms with E-state index >= 15 is 0 Å². The second-order valence-electron chi connectivity index (χ2n) is 5.02. The van der Waals surface area contributed by atoms with E-state index in [0.29, 0.717) is 16.6 Å². The van der Waals surface area contributed by atoms with E-state index in [1.807, 2.05) is 6.07 Å². The largest absolute Gasteiger partial charge is 0.490 e. The molecule has 0 atom stereocenters. The molecule has 1 amide bonds. The summed E-state index contributed by atoms with van der Waals surface area (Å²) in [6.07, 6.45) is 0. The highest BCUT2D eigenvalue weighted by Crippen LogP contribution is 2.36. The van der Waals surface area contributed by atoms with E-state index < -0.39 is 37.5 Å². The minimum atomic E-state index is -0.693. The zero-order valence-corrected chi connectivity index (χ0v) is 16.7. The van der Waals surface area contributed by atoms with Gasteiger partial charge in [-0.05, 0) is 28.9 Å². The summed E-state index contributed by atoms with van der Waals surface area (Å²) in [5.41, 5.74) is 0.349. The lowest BCUT2D eigenvalue weighted by Crippen LogP contribution is -2.42. The molecule has 1 rings (SSSR count). The number of nitrogens with zero attached hydrogens (tertiary/aromatic N) is 2. The van der Waals surface area contributed by atoms with Gasteiger partial charge in [0.15, 0.2) is 18.1 Å². The normalized spacial score (nSPS) is 9.74. The van der Waals surface area contributed by atoms with E-state index in [4.69, 9.17) is 14.7 Å². The van der Waals surface area contributed by atoms with Gasteiger partial charge >= 0.3 is 11.9 Å². The predicted molar refractivity (Wildman–Crippen MR) is 96.1 cm³/mol. The van der Waals surface area contributed by atoms with Crippen molar-refractivity contribution in [3.05, 3.63) is 22.2 Å². The average Bonchev–Trinajstić information content (AvgIpc) is 2.66. The summed E-state index contributed by atoms with van der Waals surface area (Å²) in [5, 5.41) is 9.04. The Bertz CT molecular complexity index is 728. The SMILES string of the molecule is CCOc1cc(C#N)cc(Br)c1OCC(=O)N(CC(=O)OC)CC(=O)OC. The molecule has 1 aromatic carbocycles. The number of esters is 2. The summed E-state index contributed by atoms with van der Waals surface area (Å²) in [6.45, 7) is 0.749. The number of nitriles is 1. The molecule has 0 unspecified atom stereocenters. The molecule has 10 heteroatoms. The van der Waals surface area contributed by atoms with E-state index in [1.165, 1.54) is 26.4 Å². The van der Waals surface area contributed by atoms with Crippen LogP contribution in [-0.4, -0.2) is 63.3 Å². The fraction of sp³-hybridized carbons (Fsp3) is 0.412. The molecular formula is C17H19BrN2O7. The quantitative estimate of drug-likeness (QED) is 0.525. The topological polar surface area (TPSA) is 115 Å². The molecule has 0 aliphatic heterocycles. The van der Waals surface area contributed by atoms with Crippen LogP contribution < -0.4 is 9.47 Å². The van der Waals surface area contributed by atoms with Gasteiger partial charge in [0.1, 0.15) is 13.1 Å². The van der Waals surface area contributed by atoms with Gasteiger partial charge in [-0.25, -0.2) is 0 Å². The number of carbonyl (C=O) groups excluding carboxylic acids is 3. The van der Waals surface area contributed by atoms with Crippen LogP contribution in [0.5, 0.6) is 11.5 Å². The molecule has 0 N–H and O–H groups in total. The summed E-state index contributed by atoms with van der Waals surface area (Å²) in [5.74, 6) is -1.52. The highest BCUT2D eigenvalue weighted by Gasteiger charge is 2.23. The summed E-state index contributed by atoms with van der Waals surface area (Å²) in [7, 11) is 2.34. The maximum absolute atomic E-state index is 12.4. The molecule has 0 heterocycles. The van der Waals surface area contributed by atoms with Gasteiger partial charge in [0.25, 0.3) is 5.91 Å². The Balaban J connectivity index is 2.95. The molecule has 9 nitrogen and oxygen atoms in total. The van der Waals surface area contributed by atoms with E-state index in [2.05, 4.69) is 25.4 Å². The maximum atomic E-state index is 12.4. The van der Waals surface area contributed by atoms with Crippen molar-refractivity contribution in [3.8, 4) is 17.6 Å². The second-order valence-corrected chi connectivity index (χ2v) is 5.88. The lowest BCUT2D eigenvalue weighted by molar-refractivity contribution is -0.152. The first-order chi connectivity index (χ1) is 12.9. The molecule has 0 aliphatic rings. The van der Waals surface area contributed by atoms with Crippen molar-refractivity contribution in [1.82, 2.24) is 4.90 Å². The molecule has 0 spiro atoms. The zero-order valence-electron chi connectivity index (χ0n) is 15.1. The molecule has 0 aromatic heterocycles. The molecule has 0 radical (unpaired) electrons. The van der Waals surface area contributed by atoms with Gasteiger partial charge in [-0.3, -0.25) is 14.4 Å². The lowest BCUT2D eigenvalue weighted by atomic mass is 10.2. The van der Waals surface area contributed by atoms with Crippen molar-refractivity contribution in [2.75, 3.05) is 40.5 Å².